The second-order valence-corrected chi connectivity index (χ2v) is 19.6. The van der Waals surface area contributed by atoms with Gasteiger partial charge in [0.1, 0.15) is 0 Å². The summed E-state index contributed by atoms with van der Waals surface area (Å²) in [5.41, 5.74) is 22.5. The van der Waals surface area contributed by atoms with Crippen molar-refractivity contribution in [3.63, 3.8) is 0 Å². The first-order chi connectivity index (χ1) is 41.6. The van der Waals surface area contributed by atoms with E-state index in [1.54, 1.807) is 37.2 Å². The van der Waals surface area contributed by atoms with Gasteiger partial charge >= 0.3 is 0 Å². The summed E-state index contributed by atoms with van der Waals surface area (Å²) in [4.78, 5) is 55.1. The average molecular weight is 1080 g/mol. The van der Waals surface area contributed by atoms with Crippen molar-refractivity contribution in [2.75, 3.05) is 0 Å². The molecule has 0 amide bonds. The molecule has 14 rings (SSSR count). The van der Waals surface area contributed by atoms with Gasteiger partial charge in [-0.1, -0.05) is 36.4 Å². The van der Waals surface area contributed by atoms with Crippen LogP contribution < -0.4 is 0 Å². The Hall–Kier alpha value is -11.8. The van der Waals surface area contributed by atoms with E-state index in [9.17, 15) is 0 Å². The van der Waals surface area contributed by atoms with Crippen LogP contribution in [0.3, 0.4) is 0 Å². The first-order valence-electron chi connectivity index (χ1n) is 27.1. The van der Waals surface area contributed by atoms with E-state index < -0.39 is 0 Å². The van der Waals surface area contributed by atoms with Crippen LogP contribution in [0.4, 0.5) is 0 Å². The van der Waals surface area contributed by atoms with Gasteiger partial charge in [-0.3, -0.25) is 44.9 Å². The SMILES string of the molecule is c1ccc(-c2cncc(-c3cc(-c4cncc(-c5ccccn5)c4)cc(-c4cncc(-c5ccccn5)c4)c3)c2)nc1.c1cncc(-c2cccc(-c3cc(-c4cccc(-c5cccnc5)n4)cc(-c4cccc(-c5cccnc5)n4)c3)n2)c1. The van der Waals surface area contributed by atoms with Gasteiger partial charge in [-0.05, 0) is 180 Å². The van der Waals surface area contributed by atoms with Crippen molar-refractivity contribution < 1.29 is 0 Å². The summed E-state index contributed by atoms with van der Waals surface area (Å²) in [6.07, 6.45) is 27.4. The number of aromatic nitrogens is 12. The lowest BCUT2D eigenvalue weighted by Crippen LogP contribution is -1.94. The number of benzene rings is 2. The topological polar surface area (TPSA) is 155 Å². The summed E-state index contributed by atoms with van der Waals surface area (Å²) in [5, 5.41) is 0. The molecule has 0 fully saturated rings. The fraction of sp³-hybridized carbons (Fsp3) is 0. The molecule has 0 bridgehead atoms. The van der Waals surface area contributed by atoms with Gasteiger partial charge in [0.25, 0.3) is 0 Å². The largest absolute Gasteiger partial charge is 0.264 e. The molecule has 0 aliphatic heterocycles. The molecule has 0 radical (unpaired) electrons. The summed E-state index contributed by atoms with van der Waals surface area (Å²) in [6, 6.07) is 67.0. The van der Waals surface area contributed by atoms with Crippen LogP contribution in [-0.2, 0) is 0 Å². The Bertz CT molecular complexity index is 3760. The number of hydrogen-bond acceptors (Lipinski definition) is 12. The molecular formula is C72H48N12. The maximum absolute atomic E-state index is 5.02. The van der Waals surface area contributed by atoms with Crippen molar-refractivity contribution in [2.45, 2.75) is 0 Å². The molecule has 84 heavy (non-hydrogen) atoms. The normalized spacial score (nSPS) is 10.9. The van der Waals surface area contributed by atoms with Crippen LogP contribution in [0.2, 0.25) is 0 Å². The quantitative estimate of drug-likeness (QED) is 0.114. The molecule has 12 heterocycles. The highest BCUT2D eigenvalue weighted by Crippen LogP contribution is 2.37. The maximum atomic E-state index is 5.02. The van der Waals surface area contributed by atoms with Gasteiger partial charge < -0.3 is 0 Å². The van der Waals surface area contributed by atoms with E-state index in [1.165, 1.54) is 0 Å². The van der Waals surface area contributed by atoms with Crippen LogP contribution in [0, 0.1) is 0 Å². The lowest BCUT2D eigenvalue weighted by atomic mass is 9.93. The molecule has 14 aromatic rings. The zero-order valence-corrected chi connectivity index (χ0v) is 45.1. The van der Waals surface area contributed by atoms with Crippen molar-refractivity contribution in [1.29, 1.82) is 0 Å². The van der Waals surface area contributed by atoms with Gasteiger partial charge in [0.05, 0.1) is 51.2 Å². The van der Waals surface area contributed by atoms with Crippen LogP contribution in [0.5, 0.6) is 0 Å². The summed E-state index contributed by atoms with van der Waals surface area (Å²) in [7, 11) is 0. The second kappa shape index (κ2) is 24.3. The Morgan fingerprint density at radius 1 is 0.155 bits per heavy atom. The van der Waals surface area contributed by atoms with Gasteiger partial charge in [0, 0.05) is 160 Å². The predicted octanol–water partition coefficient (Wildman–Crippen LogP) is 16.1. The van der Waals surface area contributed by atoms with Crippen molar-refractivity contribution in [1.82, 2.24) is 59.8 Å². The van der Waals surface area contributed by atoms with Gasteiger partial charge in [0.2, 0.25) is 0 Å². The molecule has 12 aromatic heterocycles. The Balaban J connectivity index is 0.000000157. The van der Waals surface area contributed by atoms with Crippen molar-refractivity contribution in [3.8, 4) is 135 Å². The van der Waals surface area contributed by atoms with Gasteiger partial charge in [-0.25, -0.2) is 15.0 Å². The van der Waals surface area contributed by atoms with E-state index >= 15 is 0 Å². The summed E-state index contributed by atoms with van der Waals surface area (Å²) < 4.78 is 0. The lowest BCUT2D eigenvalue weighted by Gasteiger charge is -2.13. The van der Waals surface area contributed by atoms with Crippen LogP contribution in [0.25, 0.3) is 135 Å². The van der Waals surface area contributed by atoms with Crippen LogP contribution >= 0.6 is 0 Å². The first-order valence-corrected chi connectivity index (χ1v) is 27.1. The van der Waals surface area contributed by atoms with Gasteiger partial charge in [-0.2, -0.15) is 0 Å². The molecular weight excluding hydrogens is 1030 g/mol. The third kappa shape index (κ3) is 11.9. The number of rotatable bonds is 12. The highest BCUT2D eigenvalue weighted by molar-refractivity contribution is 5.85. The van der Waals surface area contributed by atoms with E-state index in [0.29, 0.717) is 0 Å². The molecule has 0 saturated carbocycles. The number of hydrogen-bond donors (Lipinski definition) is 0. The van der Waals surface area contributed by atoms with Gasteiger partial charge in [0.15, 0.2) is 0 Å². The van der Waals surface area contributed by atoms with Crippen molar-refractivity contribution in [3.05, 3.63) is 293 Å². The Morgan fingerprint density at radius 3 is 0.679 bits per heavy atom. The van der Waals surface area contributed by atoms with E-state index in [2.05, 4.69) is 99.5 Å². The van der Waals surface area contributed by atoms with Crippen LogP contribution in [0.15, 0.2) is 293 Å². The molecule has 0 spiro atoms. The highest BCUT2D eigenvalue weighted by atomic mass is 14.8. The molecule has 0 atom stereocenters. The molecule has 0 aliphatic carbocycles. The molecule has 0 aliphatic rings. The van der Waals surface area contributed by atoms with E-state index in [0.717, 1.165) is 135 Å². The Labute approximate surface area is 485 Å². The maximum Gasteiger partial charge on any atom is 0.0725 e. The predicted molar refractivity (Wildman–Crippen MR) is 332 cm³/mol. The Kier molecular flexibility index (Phi) is 15.0. The highest BCUT2D eigenvalue weighted by Gasteiger charge is 2.15. The average Bonchev–Trinajstić information content (AvgIpc) is 3.58. The molecule has 0 N–H and O–H groups in total. The zero-order valence-electron chi connectivity index (χ0n) is 45.1. The molecule has 12 nitrogen and oxygen atoms in total. The molecule has 0 saturated heterocycles. The smallest absolute Gasteiger partial charge is 0.0725 e. The Morgan fingerprint density at radius 2 is 0.405 bits per heavy atom. The summed E-state index contributed by atoms with van der Waals surface area (Å²) in [5.74, 6) is 0. The molecule has 2 aromatic carbocycles. The zero-order chi connectivity index (χ0) is 56.3. The van der Waals surface area contributed by atoms with Crippen LogP contribution in [0.1, 0.15) is 0 Å². The number of nitrogens with zero attached hydrogens (tertiary/aromatic N) is 12. The lowest BCUT2D eigenvalue weighted by molar-refractivity contribution is 1.26. The standard InChI is InChI=1S/2C36H24N6/c1-10-31(25-7-4-16-37-22-25)40-34(13-1)28-19-29(35-14-2-11-32(41-35)26-8-5-17-38-23-26)21-30(20-28)36-15-3-12-33(42-36)27-9-6-18-39-24-27;1-4-10-40-34(7-1)31-16-28(19-37-22-31)25-13-26(29-17-32(23-38-20-29)35-8-2-5-11-41-35)15-27(14-25)30-18-33(24-39-21-30)36-9-3-6-12-42-36/h2*1-24H. The third-order valence-corrected chi connectivity index (χ3v) is 14.0. The third-order valence-electron chi connectivity index (χ3n) is 14.0. The van der Waals surface area contributed by atoms with Gasteiger partial charge in [-0.15, -0.1) is 0 Å². The minimum absolute atomic E-state index is 0.853. The molecule has 12 heteroatoms. The first kappa shape index (κ1) is 51.7. The second-order valence-electron chi connectivity index (χ2n) is 19.6. The van der Waals surface area contributed by atoms with E-state index in [-0.39, 0.29) is 0 Å². The van der Waals surface area contributed by atoms with E-state index in [1.807, 2.05) is 201 Å². The fourth-order valence-electron chi connectivity index (χ4n) is 9.82. The summed E-state index contributed by atoms with van der Waals surface area (Å²) >= 11 is 0. The van der Waals surface area contributed by atoms with Crippen LogP contribution in [-0.4, -0.2) is 59.8 Å². The minimum atomic E-state index is 0.853. The fourth-order valence-corrected chi connectivity index (χ4v) is 9.82. The van der Waals surface area contributed by atoms with Crippen molar-refractivity contribution >= 4 is 0 Å². The number of pyridine rings is 12. The minimum Gasteiger partial charge on any atom is -0.264 e. The van der Waals surface area contributed by atoms with E-state index in [4.69, 9.17) is 15.0 Å². The molecule has 0 unspecified atom stereocenters. The monoisotopic (exact) mass is 1080 g/mol. The van der Waals surface area contributed by atoms with Crippen molar-refractivity contribution in [2.24, 2.45) is 0 Å². The summed E-state index contributed by atoms with van der Waals surface area (Å²) in [6.45, 7) is 0. The molecule has 396 valence electrons.